The van der Waals surface area contributed by atoms with Gasteiger partial charge in [0.25, 0.3) is 5.91 Å². The van der Waals surface area contributed by atoms with Crippen molar-refractivity contribution in [3.8, 4) is 0 Å². The third-order valence-electron chi connectivity index (χ3n) is 1.84. The van der Waals surface area contributed by atoms with Gasteiger partial charge in [0.05, 0.1) is 11.4 Å². The number of hydrazone groups is 1. The lowest BCUT2D eigenvalue weighted by Crippen LogP contribution is -2.26. The maximum Gasteiger partial charge on any atom is 0.288 e. The lowest BCUT2D eigenvalue weighted by molar-refractivity contribution is -0.114. The molecule has 1 heterocycles. The van der Waals surface area contributed by atoms with Crippen LogP contribution in [0.15, 0.2) is 34.7 Å². The molecule has 0 atom stereocenters. The zero-order valence-electron chi connectivity index (χ0n) is 9.01. The van der Waals surface area contributed by atoms with E-state index >= 15 is 0 Å². The average molecular weight is 220 g/mol. The second-order valence-electron chi connectivity index (χ2n) is 3.04. The Hall–Kier alpha value is -2.24. The summed E-state index contributed by atoms with van der Waals surface area (Å²) in [5.41, 5.74) is 3.43. The molecule has 6 heteroatoms. The molecule has 0 fully saturated rings. The van der Waals surface area contributed by atoms with Gasteiger partial charge in [0.1, 0.15) is 5.71 Å². The molecule has 0 aromatic carbocycles. The third-order valence-corrected chi connectivity index (χ3v) is 1.84. The number of carbonyl (C=O) groups is 1. The predicted octanol–water partition coefficient (Wildman–Crippen LogP) is 0.772. The topological polar surface area (TPSA) is 86.9 Å². The Morgan fingerprint density at radius 2 is 2.19 bits per heavy atom. The number of rotatable bonds is 3. The smallest absolute Gasteiger partial charge is 0.288 e. The molecule has 0 aliphatic carbocycles. The highest BCUT2D eigenvalue weighted by atomic mass is 16.4. The maximum atomic E-state index is 11.2. The molecule has 1 amide bonds. The van der Waals surface area contributed by atoms with Crippen LogP contribution < -0.4 is 5.43 Å². The van der Waals surface area contributed by atoms with Gasteiger partial charge in [0.15, 0.2) is 0 Å². The van der Waals surface area contributed by atoms with Gasteiger partial charge >= 0.3 is 0 Å². The number of hydrogen-bond donors (Lipinski definition) is 2. The van der Waals surface area contributed by atoms with E-state index in [-0.39, 0.29) is 5.71 Å². The SMILES string of the molecule is C/C(=N\O)C(=O)N/N=C(\C)c1ccccn1. The first-order valence-corrected chi connectivity index (χ1v) is 4.60. The normalized spacial score (nSPS) is 12.4. The number of amides is 1. The largest absolute Gasteiger partial charge is 0.410 e. The minimum Gasteiger partial charge on any atom is -0.410 e. The van der Waals surface area contributed by atoms with Gasteiger partial charge in [-0.2, -0.15) is 5.10 Å². The molecular formula is C10H12N4O2. The van der Waals surface area contributed by atoms with Crippen LogP contribution in [0.5, 0.6) is 0 Å². The molecule has 0 aliphatic rings. The summed E-state index contributed by atoms with van der Waals surface area (Å²) in [6.07, 6.45) is 1.64. The Labute approximate surface area is 92.7 Å². The first-order chi connectivity index (χ1) is 7.65. The molecule has 0 saturated carbocycles. The summed E-state index contributed by atoms with van der Waals surface area (Å²) in [4.78, 5) is 15.2. The number of aromatic nitrogens is 1. The number of nitrogens with zero attached hydrogens (tertiary/aromatic N) is 3. The Bertz CT molecular complexity index is 426. The summed E-state index contributed by atoms with van der Waals surface area (Å²) in [5.74, 6) is -0.558. The highest BCUT2D eigenvalue weighted by Crippen LogP contribution is 1.95. The van der Waals surface area contributed by atoms with Gasteiger partial charge in [-0.1, -0.05) is 11.2 Å². The van der Waals surface area contributed by atoms with Crippen LogP contribution >= 0.6 is 0 Å². The van der Waals surface area contributed by atoms with Crippen LogP contribution in [0.25, 0.3) is 0 Å². The van der Waals surface area contributed by atoms with E-state index < -0.39 is 5.91 Å². The average Bonchev–Trinajstić information content (AvgIpc) is 2.35. The molecule has 0 unspecified atom stereocenters. The van der Waals surface area contributed by atoms with Crippen molar-refractivity contribution in [1.82, 2.24) is 10.4 Å². The molecule has 0 bridgehead atoms. The molecule has 1 aromatic heterocycles. The standard InChI is InChI=1S/C10H12N4O2/c1-7(9-5-3-4-6-11-9)12-13-10(15)8(2)14-16/h3-6,16H,1-2H3,(H,13,15)/b12-7+,14-8+. The summed E-state index contributed by atoms with van der Waals surface area (Å²) in [6, 6.07) is 5.39. The molecule has 16 heavy (non-hydrogen) atoms. The van der Waals surface area contributed by atoms with Crippen molar-refractivity contribution in [2.45, 2.75) is 13.8 Å². The lowest BCUT2D eigenvalue weighted by atomic mass is 10.3. The molecular weight excluding hydrogens is 208 g/mol. The maximum absolute atomic E-state index is 11.2. The van der Waals surface area contributed by atoms with Crippen molar-refractivity contribution >= 4 is 17.3 Å². The molecule has 6 nitrogen and oxygen atoms in total. The molecule has 1 aromatic rings. The third kappa shape index (κ3) is 3.16. The number of pyridine rings is 1. The van der Waals surface area contributed by atoms with Crippen molar-refractivity contribution in [1.29, 1.82) is 0 Å². The van der Waals surface area contributed by atoms with Crippen LogP contribution in [0.3, 0.4) is 0 Å². The van der Waals surface area contributed by atoms with Crippen molar-refractivity contribution in [2.24, 2.45) is 10.3 Å². The Morgan fingerprint density at radius 1 is 1.44 bits per heavy atom. The van der Waals surface area contributed by atoms with E-state index in [0.29, 0.717) is 11.4 Å². The summed E-state index contributed by atoms with van der Waals surface area (Å²) < 4.78 is 0. The van der Waals surface area contributed by atoms with E-state index in [1.165, 1.54) is 6.92 Å². The van der Waals surface area contributed by atoms with Gasteiger partial charge in [-0.3, -0.25) is 9.78 Å². The summed E-state index contributed by atoms with van der Waals surface area (Å²) in [7, 11) is 0. The van der Waals surface area contributed by atoms with Gasteiger partial charge in [-0.05, 0) is 26.0 Å². The van der Waals surface area contributed by atoms with Gasteiger partial charge in [-0.25, -0.2) is 5.43 Å². The van der Waals surface area contributed by atoms with Crippen LogP contribution in [-0.4, -0.2) is 27.5 Å². The van der Waals surface area contributed by atoms with Crippen molar-refractivity contribution in [3.05, 3.63) is 30.1 Å². The lowest BCUT2D eigenvalue weighted by Gasteiger charge is -2.00. The van der Waals surface area contributed by atoms with Crippen molar-refractivity contribution in [2.75, 3.05) is 0 Å². The van der Waals surface area contributed by atoms with Crippen LogP contribution in [0.4, 0.5) is 0 Å². The zero-order valence-corrected chi connectivity index (χ0v) is 9.01. The Kier molecular flexibility index (Phi) is 4.14. The second-order valence-corrected chi connectivity index (χ2v) is 3.04. The molecule has 2 N–H and O–H groups in total. The van der Waals surface area contributed by atoms with Crippen LogP contribution in [0.1, 0.15) is 19.5 Å². The van der Waals surface area contributed by atoms with Crippen molar-refractivity contribution < 1.29 is 10.0 Å². The number of nitrogens with one attached hydrogen (secondary N) is 1. The van der Waals surface area contributed by atoms with Crippen molar-refractivity contribution in [3.63, 3.8) is 0 Å². The molecule has 0 saturated heterocycles. The highest BCUT2D eigenvalue weighted by Gasteiger charge is 2.05. The monoisotopic (exact) mass is 220 g/mol. The van der Waals surface area contributed by atoms with Crippen LogP contribution in [-0.2, 0) is 4.79 Å². The molecule has 1 rings (SSSR count). The first-order valence-electron chi connectivity index (χ1n) is 4.60. The van der Waals surface area contributed by atoms with E-state index in [9.17, 15) is 4.79 Å². The second kappa shape index (κ2) is 5.59. The Morgan fingerprint density at radius 3 is 2.75 bits per heavy atom. The van der Waals surface area contributed by atoms with Crippen LogP contribution in [0.2, 0.25) is 0 Å². The minimum atomic E-state index is -0.558. The number of oxime groups is 1. The minimum absolute atomic E-state index is 0.0578. The highest BCUT2D eigenvalue weighted by molar-refractivity contribution is 6.37. The van der Waals surface area contributed by atoms with Gasteiger partial charge in [-0.15, -0.1) is 0 Å². The Balaban J connectivity index is 2.69. The quantitative estimate of drug-likeness (QED) is 0.448. The number of carbonyl (C=O) groups excluding carboxylic acids is 1. The summed E-state index contributed by atoms with van der Waals surface area (Å²) >= 11 is 0. The fraction of sp³-hybridized carbons (Fsp3) is 0.200. The molecule has 84 valence electrons. The van der Waals surface area contributed by atoms with Crippen LogP contribution in [0, 0.1) is 0 Å². The molecule has 0 spiro atoms. The van der Waals surface area contributed by atoms with E-state index in [1.54, 1.807) is 25.3 Å². The van der Waals surface area contributed by atoms with Gasteiger partial charge < -0.3 is 5.21 Å². The fourth-order valence-electron chi connectivity index (χ4n) is 0.895. The van der Waals surface area contributed by atoms with Gasteiger partial charge in [0.2, 0.25) is 0 Å². The van der Waals surface area contributed by atoms with E-state index in [4.69, 9.17) is 5.21 Å². The number of hydrogen-bond acceptors (Lipinski definition) is 5. The van der Waals surface area contributed by atoms with E-state index in [0.717, 1.165) is 0 Å². The van der Waals surface area contributed by atoms with E-state index in [2.05, 4.69) is 20.7 Å². The summed E-state index contributed by atoms with van der Waals surface area (Å²) in [5, 5.41) is 14.9. The van der Waals surface area contributed by atoms with Gasteiger partial charge in [0, 0.05) is 6.20 Å². The fourth-order valence-corrected chi connectivity index (χ4v) is 0.895. The van der Waals surface area contributed by atoms with E-state index in [1.807, 2.05) is 6.07 Å². The molecule has 0 aliphatic heterocycles. The summed E-state index contributed by atoms with van der Waals surface area (Å²) in [6.45, 7) is 3.09. The predicted molar refractivity (Wildman–Crippen MR) is 59.5 cm³/mol. The zero-order chi connectivity index (χ0) is 12.0. The first kappa shape index (κ1) is 11.8. The molecule has 0 radical (unpaired) electrons.